The molecule has 0 aromatic heterocycles. The van der Waals surface area contributed by atoms with Gasteiger partial charge in [-0.3, -0.25) is 4.79 Å². The summed E-state index contributed by atoms with van der Waals surface area (Å²) in [6.07, 6.45) is 2.24. The monoisotopic (exact) mass is 194 g/mol. The average Bonchev–Trinajstić information content (AvgIpc) is 2.71. The summed E-state index contributed by atoms with van der Waals surface area (Å²) in [5, 5.41) is 0. The van der Waals surface area contributed by atoms with Gasteiger partial charge in [-0.2, -0.15) is 0 Å². The third-order valence-electron chi connectivity index (χ3n) is 4.00. The van der Waals surface area contributed by atoms with Gasteiger partial charge in [0.2, 0.25) is 0 Å². The average molecular weight is 194 g/mol. The van der Waals surface area contributed by atoms with Crippen molar-refractivity contribution in [3.63, 3.8) is 0 Å². The number of carbonyl (C=O) groups is 1. The van der Waals surface area contributed by atoms with Crippen molar-refractivity contribution in [2.24, 2.45) is 17.3 Å². The molecule has 2 aliphatic carbocycles. The van der Waals surface area contributed by atoms with Crippen molar-refractivity contribution in [2.45, 2.75) is 39.7 Å². The molecule has 2 nitrogen and oxygen atoms in total. The van der Waals surface area contributed by atoms with Crippen molar-refractivity contribution in [1.82, 2.24) is 0 Å². The highest BCUT2D eigenvalue weighted by Crippen LogP contribution is 2.69. The fraction of sp³-hybridized carbons (Fsp3) is 0.750. The molecule has 0 bridgehead atoms. The summed E-state index contributed by atoms with van der Waals surface area (Å²) < 4.78 is 5.26. The molecule has 0 radical (unpaired) electrons. The molecule has 0 amide bonds. The van der Waals surface area contributed by atoms with Gasteiger partial charge in [-0.1, -0.05) is 20.4 Å². The maximum absolute atomic E-state index is 10.9. The Morgan fingerprint density at radius 2 is 2.21 bits per heavy atom. The van der Waals surface area contributed by atoms with Crippen LogP contribution < -0.4 is 0 Å². The Morgan fingerprint density at radius 3 is 2.64 bits per heavy atom. The molecule has 0 aromatic rings. The van der Waals surface area contributed by atoms with E-state index in [1.807, 2.05) is 0 Å². The topological polar surface area (TPSA) is 26.3 Å². The summed E-state index contributed by atoms with van der Waals surface area (Å²) in [6.45, 7) is 10.0. The first-order valence-electron chi connectivity index (χ1n) is 5.33. The number of fused-ring (bicyclic) bond motifs is 1. The predicted octanol–water partition coefficient (Wildman–Crippen LogP) is 2.54. The van der Waals surface area contributed by atoms with Crippen LogP contribution >= 0.6 is 0 Å². The van der Waals surface area contributed by atoms with Crippen LogP contribution in [-0.2, 0) is 9.53 Å². The van der Waals surface area contributed by atoms with E-state index in [1.54, 1.807) is 0 Å². The van der Waals surface area contributed by atoms with E-state index >= 15 is 0 Å². The maximum Gasteiger partial charge on any atom is 0.303 e. The Kier molecular flexibility index (Phi) is 1.98. The van der Waals surface area contributed by atoms with Crippen molar-refractivity contribution in [3.8, 4) is 0 Å². The minimum Gasteiger partial charge on any atom is -0.458 e. The van der Waals surface area contributed by atoms with Gasteiger partial charge < -0.3 is 4.74 Å². The van der Waals surface area contributed by atoms with Crippen molar-refractivity contribution < 1.29 is 9.53 Å². The Hall–Kier alpha value is -0.790. The lowest BCUT2D eigenvalue weighted by Gasteiger charge is -2.19. The Morgan fingerprint density at radius 1 is 1.57 bits per heavy atom. The molecule has 0 saturated heterocycles. The minimum atomic E-state index is -0.184. The smallest absolute Gasteiger partial charge is 0.303 e. The fourth-order valence-corrected chi connectivity index (χ4v) is 2.94. The van der Waals surface area contributed by atoms with E-state index in [9.17, 15) is 4.79 Å². The lowest BCUT2D eigenvalue weighted by molar-refractivity contribution is -0.144. The SMILES string of the molecule is C=C1[C@H]2CC2(C(C)C)C[C@H]1OC(C)=O. The number of hydrogen-bond donors (Lipinski definition) is 0. The highest BCUT2D eigenvalue weighted by molar-refractivity contribution is 5.66. The normalized spacial score (nSPS) is 39.9. The molecule has 2 rings (SSSR count). The van der Waals surface area contributed by atoms with Crippen LogP contribution in [0.3, 0.4) is 0 Å². The Balaban J connectivity index is 2.07. The summed E-state index contributed by atoms with van der Waals surface area (Å²) in [5.74, 6) is 1.10. The third-order valence-corrected chi connectivity index (χ3v) is 4.00. The van der Waals surface area contributed by atoms with E-state index in [0.717, 1.165) is 12.0 Å². The van der Waals surface area contributed by atoms with Gasteiger partial charge >= 0.3 is 5.97 Å². The van der Waals surface area contributed by atoms with Gasteiger partial charge in [-0.25, -0.2) is 0 Å². The van der Waals surface area contributed by atoms with E-state index in [0.29, 0.717) is 17.3 Å². The standard InChI is InChI=1S/C12H18O2/c1-7(2)12-5-10(12)8(3)11(6-12)14-9(4)13/h7,10-11H,3,5-6H2,1-2,4H3/t10-,11-,12?/m1/s1. The third kappa shape index (κ3) is 1.20. The predicted molar refractivity (Wildman–Crippen MR) is 54.7 cm³/mol. The van der Waals surface area contributed by atoms with Crippen LogP contribution in [0, 0.1) is 17.3 Å². The summed E-state index contributed by atoms with van der Waals surface area (Å²) in [7, 11) is 0. The molecule has 2 heteroatoms. The molecule has 0 aromatic carbocycles. The number of esters is 1. The molecular weight excluding hydrogens is 176 g/mol. The van der Waals surface area contributed by atoms with Crippen molar-refractivity contribution in [2.75, 3.05) is 0 Å². The van der Waals surface area contributed by atoms with E-state index in [-0.39, 0.29) is 12.1 Å². The lowest BCUT2D eigenvalue weighted by Crippen LogP contribution is -2.19. The summed E-state index contributed by atoms with van der Waals surface area (Å²) in [4.78, 5) is 10.9. The molecule has 0 spiro atoms. The first-order chi connectivity index (χ1) is 6.47. The van der Waals surface area contributed by atoms with Gasteiger partial charge in [0.25, 0.3) is 0 Å². The minimum absolute atomic E-state index is 0.00588. The van der Waals surface area contributed by atoms with E-state index in [2.05, 4.69) is 20.4 Å². The van der Waals surface area contributed by atoms with E-state index in [4.69, 9.17) is 4.74 Å². The second-order valence-electron chi connectivity index (χ2n) is 5.02. The number of hydrogen-bond acceptors (Lipinski definition) is 2. The van der Waals surface area contributed by atoms with Gasteiger partial charge in [0, 0.05) is 6.92 Å². The zero-order chi connectivity index (χ0) is 10.5. The van der Waals surface area contributed by atoms with Gasteiger partial charge in [-0.15, -0.1) is 0 Å². The summed E-state index contributed by atoms with van der Waals surface area (Å²) >= 11 is 0. The van der Waals surface area contributed by atoms with Crippen LogP contribution in [0.15, 0.2) is 12.2 Å². The molecule has 2 saturated carbocycles. The van der Waals surface area contributed by atoms with Crippen LogP contribution in [0.4, 0.5) is 0 Å². The Labute approximate surface area is 85.3 Å². The lowest BCUT2D eigenvalue weighted by atomic mass is 9.89. The first kappa shape index (κ1) is 9.75. The van der Waals surface area contributed by atoms with Crippen LogP contribution in [0.25, 0.3) is 0 Å². The van der Waals surface area contributed by atoms with Crippen molar-refractivity contribution in [3.05, 3.63) is 12.2 Å². The van der Waals surface area contributed by atoms with Gasteiger partial charge in [0.05, 0.1) is 0 Å². The van der Waals surface area contributed by atoms with Crippen LogP contribution in [-0.4, -0.2) is 12.1 Å². The zero-order valence-corrected chi connectivity index (χ0v) is 9.17. The highest BCUT2D eigenvalue weighted by Gasteiger charge is 2.64. The van der Waals surface area contributed by atoms with Crippen molar-refractivity contribution >= 4 is 5.97 Å². The fourth-order valence-electron chi connectivity index (χ4n) is 2.94. The molecule has 0 heterocycles. The van der Waals surface area contributed by atoms with E-state index in [1.165, 1.54) is 13.3 Å². The maximum atomic E-state index is 10.9. The molecule has 78 valence electrons. The van der Waals surface area contributed by atoms with Gasteiger partial charge in [0.15, 0.2) is 0 Å². The molecule has 3 atom stereocenters. The highest BCUT2D eigenvalue weighted by atomic mass is 16.5. The summed E-state index contributed by atoms with van der Waals surface area (Å²) in [5.41, 5.74) is 1.56. The second-order valence-corrected chi connectivity index (χ2v) is 5.02. The van der Waals surface area contributed by atoms with Crippen molar-refractivity contribution in [1.29, 1.82) is 0 Å². The molecular formula is C12H18O2. The Bertz CT molecular complexity index is 293. The van der Waals surface area contributed by atoms with Gasteiger partial charge in [-0.05, 0) is 35.7 Å². The molecule has 0 N–H and O–H groups in total. The molecule has 2 aliphatic rings. The number of ether oxygens (including phenoxy) is 1. The quantitative estimate of drug-likeness (QED) is 0.499. The summed E-state index contributed by atoms with van der Waals surface area (Å²) in [6, 6.07) is 0. The first-order valence-corrected chi connectivity index (χ1v) is 5.33. The van der Waals surface area contributed by atoms with Crippen LogP contribution in [0.2, 0.25) is 0 Å². The number of rotatable bonds is 2. The molecule has 0 aliphatic heterocycles. The molecule has 14 heavy (non-hydrogen) atoms. The molecule has 2 fully saturated rings. The second kappa shape index (κ2) is 2.85. The number of carbonyl (C=O) groups excluding carboxylic acids is 1. The van der Waals surface area contributed by atoms with Crippen LogP contribution in [0.5, 0.6) is 0 Å². The zero-order valence-electron chi connectivity index (χ0n) is 9.17. The van der Waals surface area contributed by atoms with E-state index < -0.39 is 0 Å². The largest absolute Gasteiger partial charge is 0.458 e. The molecule has 1 unspecified atom stereocenters. The van der Waals surface area contributed by atoms with Crippen LogP contribution in [0.1, 0.15) is 33.6 Å². The van der Waals surface area contributed by atoms with Gasteiger partial charge in [0.1, 0.15) is 6.10 Å².